The summed E-state index contributed by atoms with van der Waals surface area (Å²) in [6.45, 7) is 3.46. The van der Waals surface area contributed by atoms with Crippen molar-refractivity contribution in [3.63, 3.8) is 0 Å². The summed E-state index contributed by atoms with van der Waals surface area (Å²) >= 11 is 0. The summed E-state index contributed by atoms with van der Waals surface area (Å²) in [7, 11) is -13.1. The van der Waals surface area contributed by atoms with Crippen molar-refractivity contribution in [2.75, 3.05) is 56.6 Å². The molecule has 492 valence electrons. The number of carbonyl (C=O) groups is 4. The summed E-state index contributed by atoms with van der Waals surface area (Å²) in [6, 6.07) is 29.6. The quantitative estimate of drug-likeness (QED) is 0.0182. The number of nitrogens with one attached hydrogen (secondary N) is 3. The van der Waals surface area contributed by atoms with Crippen LogP contribution in [0.1, 0.15) is 97.0 Å². The average Bonchev–Trinajstić information content (AvgIpc) is 1.01. The molecule has 0 aliphatic heterocycles. The largest absolute Gasteiger partial charge is 0.482 e. The number of hydrogen-bond donors (Lipinski definition) is 6. The third-order valence-corrected chi connectivity index (χ3v) is 16.7. The molecule has 27 nitrogen and oxygen atoms in total. The van der Waals surface area contributed by atoms with Crippen LogP contribution in [0.25, 0.3) is 0 Å². The molecule has 0 aliphatic rings. The van der Waals surface area contributed by atoms with Gasteiger partial charge < -0.3 is 48.6 Å². The molecule has 30 heteroatoms. The third-order valence-electron chi connectivity index (χ3n) is 14.3. The van der Waals surface area contributed by atoms with Gasteiger partial charge in [-0.3, -0.25) is 52.1 Å². The van der Waals surface area contributed by atoms with Crippen LogP contribution in [0, 0.1) is 20.8 Å². The summed E-state index contributed by atoms with van der Waals surface area (Å²) in [4.78, 5) is 99.0. The zero-order valence-corrected chi connectivity index (χ0v) is 52.9. The molecular formula is C61H75N7O20S3. The van der Waals surface area contributed by atoms with E-state index in [0.29, 0.717) is 16.7 Å². The molecule has 0 spiro atoms. The van der Waals surface area contributed by atoms with Gasteiger partial charge in [0.1, 0.15) is 19.8 Å². The molecule has 1 unspecified atom stereocenters. The van der Waals surface area contributed by atoms with Crippen LogP contribution in [0.4, 0.5) is 0 Å². The molecule has 0 saturated carbocycles. The van der Waals surface area contributed by atoms with Gasteiger partial charge in [0.25, 0.3) is 71.2 Å². The standard InChI is InChI=1S/C61H75N7O20S3/c1-43-35-50(53(86-39-46-17-7-4-8-18-46)59(73)66(43)26-14-32-89(76,77)78)56(70)62-24-29-65(30-25-63-57(71)51-36-44(2)67(27-15-33-90(79,80)81)60(74)54(51)87-40-47-19-9-5-10-20-47)38-49(23-13-31-85-42-69)64-58(72)52-37-45(3)68(28-16-34-91(82,83)84)61(75)55(52)88-41-48-21-11-6-12-22-48/h4-12,17-22,35-37,42,49H,13-16,23-34,38-41H2,1-3H3,(H,62,70)(H,63,71)(H,64,72)(H,76,77,78)(H,79,80,81)(H,82,83,84). The second-order valence-electron chi connectivity index (χ2n) is 21.3. The Bertz CT molecular complexity index is 3850. The molecule has 91 heavy (non-hydrogen) atoms. The highest BCUT2D eigenvalue weighted by Crippen LogP contribution is 2.22. The molecule has 3 amide bonds. The molecule has 0 bridgehead atoms. The molecule has 6 rings (SSSR count). The Balaban J connectivity index is 1.34. The number of hydrogen-bond acceptors (Lipinski definition) is 18. The topological polar surface area (TPSA) is 374 Å². The smallest absolute Gasteiger partial charge is 0.293 e. The summed E-state index contributed by atoms with van der Waals surface area (Å²) in [5, 5.41) is 8.62. The highest BCUT2D eigenvalue weighted by atomic mass is 32.2. The number of aromatic nitrogens is 3. The van der Waals surface area contributed by atoms with E-state index in [2.05, 4.69) is 16.0 Å². The van der Waals surface area contributed by atoms with Gasteiger partial charge >= 0.3 is 0 Å². The van der Waals surface area contributed by atoms with Crippen molar-refractivity contribution >= 4 is 54.5 Å². The van der Waals surface area contributed by atoms with Crippen molar-refractivity contribution in [2.24, 2.45) is 0 Å². The lowest BCUT2D eigenvalue weighted by molar-refractivity contribution is -0.128. The molecule has 3 aromatic heterocycles. The molecule has 0 aliphatic carbocycles. The molecule has 3 aromatic carbocycles. The van der Waals surface area contributed by atoms with Gasteiger partial charge in [-0.25, -0.2) is 0 Å². The Morgan fingerprint density at radius 2 is 0.846 bits per heavy atom. The van der Waals surface area contributed by atoms with E-state index in [1.165, 1.54) is 52.7 Å². The number of nitrogens with zero attached hydrogens (tertiary/aromatic N) is 4. The van der Waals surface area contributed by atoms with E-state index in [1.807, 2.05) is 0 Å². The lowest BCUT2D eigenvalue weighted by atomic mass is 10.1. The van der Waals surface area contributed by atoms with Crippen LogP contribution in [0.15, 0.2) is 124 Å². The first-order valence-corrected chi connectivity index (χ1v) is 33.8. The van der Waals surface area contributed by atoms with Crippen LogP contribution in [-0.4, -0.2) is 144 Å². The third kappa shape index (κ3) is 23.0. The van der Waals surface area contributed by atoms with Gasteiger partial charge in [0.2, 0.25) is 0 Å². The fourth-order valence-electron chi connectivity index (χ4n) is 9.80. The maximum absolute atomic E-state index is 14.7. The van der Waals surface area contributed by atoms with Gasteiger partial charge in [-0.1, -0.05) is 91.0 Å². The Morgan fingerprint density at radius 3 is 1.16 bits per heavy atom. The van der Waals surface area contributed by atoms with Crippen molar-refractivity contribution in [1.29, 1.82) is 0 Å². The van der Waals surface area contributed by atoms with Crippen LogP contribution in [0.3, 0.4) is 0 Å². The number of carbonyl (C=O) groups excluding carboxylic acids is 4. The first kappa shape index (κ1) is 71.6. The number of benzene rings is 3. The monoisotopic (exact) mass is 1320 g/mol. The summed E-state index contributed by atoms with van der Waals surface area (Å²) < 4.78 is 124. The van der Waals surface area contributed by atoms with Crippen LogP contribution in [-0.2, 0) is 79.3 Å². The van der Waals surface area contributed by atoms with Gasteiger partial charge in [-0.2, -0.15) is 25.3 Å². The number of rotatable bonds is 38. The first-order chi connectivity index (χ1) is 43.2. The van der Waals surface area contributed by atoms with E-state index in [4.69, 9.17) is 18.9 Å². The van der Waals surface area contributed by atoms with E-state index in [0.717, 1.165) is 0 Å². The van der Waals surface area contributed by atoms with Gasteiger partial charge in [0.05, 0.1) is 40.6 Å². The molecule has 6 N–H and O–H groups in total. The fraction of sp³-hybridized carbons (Fsp3) is 0.393. The number of aryl methyl sites for hydroxylation is 3. The molecule has 0 radical (unpaired) electrons. The molecule has 0 fully saturated rings. The predicted octanol–water partition coefficient (Wildman–Crippen LogP) is 3.88. The molecule has 1 atom stereocenters. The summed E-state index contributed by atoms with van der Waals surface area (Å²) in [6.07, 6.45) is -0.121. The van der Waals surface area contributed by atoms with Crippen LogP contribution < -0.4 is 46.8 Å². The second-order valence-corrected chi connectivity index (χ2v) is 26.0. The van der Waals surface area contributed by atoms with Crippen LogP contribution in [0.2, 0.25) is 0 Å². The zero-order chi connectivity index (χ0) is 66.3. The Hall–Kier alpha value is -8.52. The van der Waals surface area contributed by atoms with E-state index >= 15 is 0 Å². The minimum atomic E-state index is -4.39. The van der Waals surface area contributed by atoms with Crippen LogP contribution in [0.5, 0.6) is 17.2 Å². The number of ether oxygens (including phenoxy) is 4. The number of pyridine rings is 3. The maximum atomic E-state index is 14.7. The second kappa shape index (κ2) is 34.1. The normalized spacial score (nSPS) is 12.0. The first-order valence-electron chi connectivity index (χ1n) is 29.0. The Labute approximate surface area is 526 Å². The van der Waals surface area contributed by atoms with E-state index < -0.39 is 88.1 Å². The fourth-order valence-corrected chi connectivity index (χ4v) is 11.3. The number of amides is 3. The van der Waals surface area contributed by atoms with Crippen LogP contribution >= 0.6 is 0 Å². The highest BCUT2D eigenvalue weighted by Gasteiger charge is 2.27. The van der Waals surface area contributed by atoms with E-state index in [1.54, 1.807) is 95.9 Å². The van der Waals surface area contributed by atoms with Crippen molar-refractivity contribution in [2.45, 2.75) is 98.4 Å². The maximum Gasteiger partial charge on any atom is 0.293 e. The van der Waals surface area contributed by atoms with Crippen molar-refractivity contribution < 1.29 is 77.0 Å². The van der Waals surface area contributed by atoms with Crippen molar-refractivity contribution in [3.05, 3.63) is 191 Å². The van der Waals surface area contributed by atoms with E-state index in [9.17, 15) is 72.5 Å². The summed E-state index contributed by atoms with van der Waals surface area (Å²) in [5.41, 5.74) is -0.0392. The summed E-state index contributed by atoms with van der Waals surface area (Å²) in [5.74, 6) is -5.28. The van der Waals surface area contributed by atoms with Gasteiger partial charge in [0.15, 0.2) is 17.2 Å². The highest BCUT2D eigenvalue weighted by molar-refractivity contribution is 7.86. The van der Waals surface area contributed by atoms with Gasteiger partial charge in [-0.15, -0.1) is 0 Å². The molecule has 3 heterocycles. The minimum absolute atomic E-state index is 0.0288. The predicted molar refractivity (Wildman–Crippen MR) is 335 cm³/mol. The van der Waals surface area contributed by atoms with Crippen molar-refractivity contribution in [1.82, 2.24) is 34.6 Å². The minimum Gasteiger partial charge on any atom is -0.482 e. The Morgan fingerprint density at radius 1 is 0.516 bits per heavy atom. The van der Waals surface area contributed by atoms with Gasteiger partial charge in [0, 0.05) is 75.5 Å². The zero-order valence-electron chi connectivity index (χ0n) is 50.5. The molecule has 0 saturated heterocycles. The molecule has 6 aromatic rings. The lowest BCUT2D eigenvalue weighted by Crippen LogP contribution is -2.48. The average molecular weight is 1320 g/mol. The SMILES string of the molecule is Cc1cc(C(=O)NCCN(CCNC(=O)c2cc(C)n(CCCS(=O)(=O)O)c(=O)c2OCc2ccccc2)CC(CCCOC=O)NC(=O)c2cc(C)n(CCCS(=O)(=O)O)c(=O)c2OCc2ccccc2)c(OCc2ccccc2)c(=O)n1CCCS(=O)(=O)O. The van der Waals surface area contributed by atoms with E-state index in [-0.39, 0.29) is 168 Å². The molecular weight excluding hydrogens is 1250 g/mol. The lowest BCUT2D eigenvalue weighted by Gasteiger charge is -2.29. The Kier molecular flexibility index (Phi) is 26.8. The van der Waals surface area contributed by atoms with Crippen molar-refractivity contribution in [3.8, 4) is 17.2 Å². The van der Waals surface area contributed by atoms with Gasteiger partial charge in [-0.05, 0) is 87.8 Å².